The molecular weight excluding hydrogens is 276 g/mol. The third-order valence-electron chi connectivity index (χ3n) is 5.32. The molecule has 2 saturated heterocycles. The molecule has 2 heterocycles. The summed E-state index contributed by atoms with van der Waals surface area (Å²) in [5, 5.41) is 3.22. The van der Waals surface area contributed by atoms with E-state index in [-0.39, 0.29) is 11.9 Å². The monoisotopic (exact) mass is 300 g/mol. The van der Waals surface area contributed by atoms with Crippen molar-refractivity contribution < 1.29 is 9.53 Å². The number of nitrogens with zero attached hydrogens (tertiary/aromatic N) is 1. The first kappa shape index (κ1) is 14.2. The van der Waals surface area contributed by atoms with Gasteiger partial charge in [-0.2, -0.15) is 0 Å². The molecule has 3 aliphatic rings. The van der Waals surface area contributed by atoms with E-state index in [0.29, 0.717) is 12.1 Å². The topological polar surface area (TPSA) is 41.6 Å². The number of hydrogen-bond acceptors (Lipinski definition) is 3. The number of rotatable bonds is 3. The minimum atomic E-state index is 0.0580. The molecule has 1 amide bonds. The minimum absolute atomic E-state index is 0.0580. The van der Waals surface area contributed by atoms with Crippen LogP contribution in [0.2, 0.25) is 0 Å². The summed E-state index contributed by atoms with van der Waals surface area (Å²) < 4.78 is 6.02. The first-order chi connectivity index (χ1) is 10.7. The highest BCUT2D eigenvalue weighted by Crippen LogP contribution is 2.37. The van der Waals surface area contributed by atoms with E-state index in [4.69, 9.17) is 4.74 Å². The van der Waals surface area contributed by atoms with Crippen molar-refractivity contribution in [3.05, 3.63) is 35.4 Å². The van der Waals surface area contributed by atoms with Crippen LogP contribution in [0.15, 0.2) is 24.3 Å². The molecule has 0 aromatic heterocycles. The van der Waals surface area contributed by atoms with Crippen molar-refractivity contribution in [3.8, 4) is 0 Å². The van der Waals surface area contributed by atoms with E-state index in [2.05, 4.69) is 10.2 Å². The van der Waals surface area contributed by atoms with Crippen LogP contribution in [0.1, 0.15) is 35.2 Å². The Labute approximate surface area is 131 Å². The van der Waals surface area contributed by atoms with Gasteiger partial charge in [-0.3, -0.25) is 9.69 Å². The van der Waals surface area contributed by atoms with Gasteiger partial charge in [0.25, 0.3) is 5.91 Å². The standard InChI is InChI=1S/C18H24N2O2/c1-12-4-2-3-5-16(12)18(21)19-14-8-15-11-22-17(13-6-7-13)10-20(15)9-14/h2-5,13-15,17H,6-11H2,1H3,(H,19,21)/t14-,15-,17+/m0/s1. The molecule has 1 aliphatic carbocycles. The van der Waals surface area contributed by atoms with Crippen LogP contribution in [0.4, 0.5) is 0 Å². The van der Waals surface area contributed by atoms with Gasteiger partial charge >= 0.3 is 0 Å². The molecule has 22 heavy (non-hydrogen) atoms. The summed E-state index contributed by atoms with van der Waals surface area (Å²) in [4.78, 5) is 15.0. The van der Waals surface area contributed by atoms with Gasteiger partial charge in [0.2, 0.25) is 0 Å². The van der Waals surface area contributed by atoms with E-state index >= 15 is 0 Å². The highest BCUT2D eigenvalue weighted by Gasteiger charge is 2.42. The Bertz CT molecular complexity index is 570. The van der Waals surface area contributed by atoms with Crippen LogP contribution < -0.4 is 5.32 Å². The predicted molar refractivity (Wildman–Crippen MR) is 84.9 cm³/mol. The average molecular weight is 300 g/mol. The second-order valence-corrected chi connectivity index (χ2v) is 7.04. The summed E-state index contributed by atoms with van der Waals surface area (Å²) in [6.07, 6.45) is 4.10. The molecule has 1 N–H and O–H groups in total. The van der Waals surface area contributed by atoms with Gasteiger partial charge in [-0.15, -0.1) is 0 Å². The number of carbonyl (C=O) groups excluding carboxylic acids is 1. The fraction of sp³-hybridized carbons (Fsp3) is 0.611. The van der Waals surface area contributed by atoms with Gasteiger partial charge in [-0.25, -0.2) is 0 Å². The zero-order valence-electron chi connectivity index (χ0n) is 13.1. The van der Waals surface area contributed by atoms with Crippen molar-refractivity contribution in [2.75, 3.05) is 19.7 Å². The molecule has 2 aliphatic heterocycles. The summed E-state index contributed by atoms with van der Waals surface area (Å²) in [6, 6.07) is 8.52. The molecule has 1 aromatic carbocycles. The van der Waals surface area contributed by atoms with Gasteiger partial charge in [-0.05, 0) is 43.7 Å². The lowest BCUT2D eigenvalue weighted by Gasteiger charge is -2.35. The summed E-state index contributed by atoms with van der Waals surface area (Å²) in [5.74, 6) is 0.851. The molecule has 3 atom stereocenters. The van der Waals surface area contributed by atoms with Gasteiger partial charge in [0.05, 0.1) is 12.7 Å². The summed E-state index contributed by atoms with van der Waals surface area (Å²) in [5.41, 5.74) is 1.83. The fourth-order valence-corrected chi connectivity index (χ4v) is 3.85. The Morgan fingerprint density at radius 1 is 1.27 bits per heavy atom. The molecule has 0 spiro atoms. The smallest absolute Gasteiger partial charge is 0.251 e. The number of aryl methyl sites for hydroxylation is 1. The van der Waals surface area contributed by atoms with Crippen LogP contribution in [0.3, 0.4) is 0 Å². The molecule has 118 valence electrons. The van der Waals surface area contributed by atoms with Crippen LogP contribution in [0, 0.1) is 12.8 Å². The lowest BCUT2D eigenvalue weighted by molar-refractivity contribution is -0.0581. The molecule has 4 nitrogen and oxygen atoms in total. The van der Waals surface area contributed by atoms with Crippen LogP contribution in [-0.2, 0) is 4.74 Å². The second kappa shape index (κ2) is 5.67. The number of morpholine rings is 1. The zero-order valence-corrected chi connectivity index (χ0v) is 13.1. The average Bonchev–Trinajstić information content (AvgIpc) is 3.28. The predicted octanol–water partition coefficient (Wildman–Crippen LogP) is 1.98. The molecule has 3 fully saturated rings. The fourth-order valence-electron chi connectivity index (χ4n) is 3.85. The number of fused-ring (bicyclic) bond motifs is 1. The van der Waals surface area contributed by atoms with Gasteiger partial charge in [0, 0.05) is 30.7 Å². The molecule has 1 saturated carbocycles. The van der Waals surface area contributed by atoms with Crippen LogP contribution in [0.25, 0.3) is 0 Å². The minimum Gasteiger partial charge on any atom is -0.375 e. The Morgan fingerprint density at radius 2 is 2.09 bits per heavy atom. The Kier molecular flexibility index (Phi) is 3.66. The van der Waals surface area contributed by atoms with E-state index in [0.717, 1.165) is 43.2 Å². The number of carbonyl (C=O) groups is 1. The Balaban J connectivity index is 1.37. The number of amides is 1. The van der Waals surface area contributed by atoms with Crippen molar-refractivity contribution >= 4 is 5.91 Å². The van der Waals surface area contributed by atoms with Crippen LogP contribution >= 0.6 is 0 Å². The number of nitrogens with one attached hydrogen (secondary N) is 1. The highest BCUT2D eigenvalue weighted by atomic mass is 16.5. The summed E-state index contributed by atoms with van der Waals surface area (Å²) >= 11 is 0. The first-order valence-corrected chi connectivity index (χ1v) is 8.43. The molecule has 0 bridgehead atoms. The third kappa shape index (κ3) is 2.77. The quantitative estimate of drug-likeness (QED) is 0.928. The summed E-state index contributed by atoms with van der Waals surface area (Å²) in [6.45, 7) is 4.83. The van der Waals surface area contributed by atoms with Crippen molar-refractivity contribution in [2.24, 2.45) is 5.92 Å². The normalized spacial score (nSPS) is 31.8. The second-order valence-electron chi connectivity index (χ2n) is 7.04. The Hall–Kier alpha value is -1.39. The molecule has 4 rings (SSSR count). The van der Waals surface area contributed by atoms with Crippen LogP contribution in [-0.4, -0.2) is 48.7 Å². The SMILES string of the molecule is Cc1ccccc1C(=O)N[C@H]1C[C@H]2CO[C@@H](C3CC3)CN2C1. The van der Waals surface area contributed by atoms with E-state index < -0.39 is 0 Å². The van der Waals surface area contributed by atoms with Crippen LogP contribution in [0.5, 0.6) is 0 Å². The van der Waals surface area contributed by atoms with Crippen molar-refractivity contribution in [1.29, 1.82) is 0 Å². The molecule has 0 unspecified atom stereocenters. The maximum atomic E-state index is 12.4. The van der Waals surface area contributed by atoms with Gasteiger partial charge in [0.15, 0.2) is 0 Å². The van der Waals surface area contributed by atoms with E-state index in [9.17, 15) is 4.79 Å². The van der Waals surface area contributed by atoms with Gasteiger partial charge in [0.1, 0.15) is 0 Å². The van der Waals surface area contributed by atoms with Crippen molar-refractivity contribution in [2.45, 2.75) is 44.4 Å². The maximum absolute atomic E-state index is 12.4. The zero-order chi connectivity index (χ0) is 15.1. The largest absolute Gasteiger partial charge is 0.375 e. The third-order valence-corrected chi connectivity index (χ3v) is 5.32. The maximum Gasteiger partial charge on any atom is 0.251 e. The number of ether oxygens (including phenoxy) is 1. The van der Waals surface area contributed by atoms with Gasteiger partial charge in [-0.1, -0.05) is 18.2 Å². The lowest BCUT2D eigenvalue weighted by Crippen LogP contribution is -2.47. The molecule has 1 aromatic rings. The number of benzene rings is 1. The number of hydrogen-bond donors (Lipinski definition) is 1. The Morgan fingerprint density at radius 3 is 2.86 bits per heavy atom. The molecular formula is C18H24N2O2. The van der Waals surface area contributed by atoms with Gasteiger partial charge < -0.3 is 10.1 Å². The lowest BCUT2D eigenvalue weighted by atomic mass is 10.1. The molecule has 0 radical (unpaired) electrons. The first-order valence-electron chi connectivity index (χ1n) is 8.43. The van der Waals surface area contributed by atoms with E-state index in [1.54, 1.807) is 0 Å². The van der Waals surface area contributed by atoms with E-state index in [1.807, 2.05) is 31.2 Å². The summed E-state index contributed by atoms with van der Waals surface area (Å²) in [7, 11) is 0. The van der Waals surface area contributed by atoms with E-state index in [1.165, 1.54) is 12.8 Å². The van der Waals surface area contributed by atoms with Crippen molar-refractivity contribution in [1.82, 2.24) is 10.2 Å². The highest BCUT2D eigenvalue weighted by molar-refractivity contribution is 5.95. The van der Waals surface area contributed by atoms with Crippen molar-refractivity contribution in [3.63, 3.8) is 0 Å². The molecule has 4 heteroatoms.